The fourth-order valence-electron chi connectivity index (χ4n) is 4.35. The van der Waals surface area contributed by atoms with Crippen LogP contribution in [0.5, 0.6) is 0 Å². The van der Waals surface area contributed by atoms with E-state index in [9.17, 15) is 4.79 Å². The van der Waals surface area contributed by atoms with Crippen molar-refractivity contribution in [1.82, 2.24) is 0 Å². The Hall–Kier alpha value is -1.78. The Bertz CT molecular complexity index is 895. The maximum atomic E-state index is 13.1. The Morgan fingerprint density at radius 2 is 1.96 bits per heavy atom. The van der Waals surface area contributed by atoms with Crippen LogP contribution in [-0.2, 0) is 11.2 Å². The van der Waals surface area contributed by atoms with Crippen molar-refractivity contribution in [3.63, 3.8) is 0 Å². The van der Waals surface area contributed by atoms with Crippen molar-refractivity contribution in [3.8, 4) is 0 Å². The molecule has 5 heteroatoms. The first kappa shape index (κ1) is 15.5. The van der Waals surface area contributed by atoms with Crippen molar-refractivity contribution < 1.29 is 4.79 Å². The van der Waals surface area contributed by atoms with Crippen LogP contribution in [0.3, 0.4) is 0 Å². The van der Waals surface area contributed by atoms with Crippen LogP contribution in [0.1, 0.15) is 24.0 Å². The molecule has 0 saturated carbocycles. The third-order valence-electron chi connectivity index (χ3n) is 5.48. The van der Waals surface area contributed by atoms with Gasteiger partial charge in [0.15, 0.2) is 0 Å². The quantitative estimate of drug-likeness (QED) is 0.751. The molecule has 3 nitrogen and oxygen atoms in total. The molecule has 2 unspecified atom stereocenters. The Labute approximate surface area is 156 Å². The highest BCUT2D eigenvalue weighted by atomic mass is 35.5. The molecule has 1 amide bonds. The molecule has 1 fully saturated rings. The Morgan fingerprint density at radius 3 is 2.80 bits per heavy atom. The topological polar surface area (TPSA) is 32.7 Å². The number of fused-ring (bicyclic) bond motifs is 4. The van der Waals surface area contributed by atoms with Crippen LogP contribution in [0, 0.1) is 0 Å². The van der Waals surface area contributed by atoms with E-state index in [1.54, 1.807) is 11.8 Å². The number of hydrogen-bond donors (Lipinski definition) is 0. The third kappa shape index (κ3) is 2.27. The van der Waals surface area contributed by atoms with E-state index in [2.05, 4.69) is 34.2 Å². The number of rotatable bonds is 1. The molecule has 5 rings (SSSR count). The number of carbonyl (C=O) groups is 1. The summed E-state index contributed by atoms with van der Waals surface area (Å²) < 4.78 is -0.486. The minimum absolute atomic E-state index is 0.0221. The Kier molecular flexibility index (Phi) is 3.47. The number of thioether (sulfide) groups is 1. The van der Waals surface area contributed by atoms with E-state index >= 15 is 0 Å². The zero-order valence-corrected chi connectivity index (χ0v) is 15.2. The maximum Gasteiger partial charge on any atom is 0.265 e. The lowest BCUT2D eigenvalue weighted by molar-refractivity contribution is -0.120. The molecule has 0 aromatic heterocycles. The van der Waals surface area contributed by atoms with Crippen LogP contribution in [0.2, 0.25) is 5.02 Å². The molecule has 25 heavy (non-hydrogen) atoms. The predicted molar refractivity (Wildman–Crippen MR) is 104 cm³/mol. The van der Waals surface area contributed by atoms with E-state index in [0.29, 0.717) is 5.02 Å². The molecule has 1 saturated heterocycles. The summed E-state index contributed by atoms with van der Waals surface area (Å²) in [4.78, 5) is 20.0. The van der Waals surface area contributed by atoms with Crippen molar-refractivity contribution in [2.24, 2.45) is 4.99 Å². The number of anilines is 1. The third-order valence-corrected chi connectivity index (χ3v) is 7.21. The number of halogens is 1. The highest BCUT2D eigenvalue weighted by Crippen LogP contribution is 2.51. The van der Waals surface area contributed by atoms with Crippen LogP contribution in [0.25, 0.3) is 0 Å². The number of nitrogens with zero attached hydrogens (tertiary/aromatic N) is 2. The SMILES string of the molecule is O=C1N=C(c2ccc(Cl)cc2)SC12Cc1ccccc1N1CCCC12. The summed E-state index contributed by atoms with van der Waals surface area (Å²) in [6.07, 6.45) is 2.94. The monoisotopic (exact) mass is 368 g/mol. The molecule has 2 aromatic carbocycles. The molecule has 1 spiro atoms. The van der Waals surface area contributed by atoms with Gasteiger partial charge in [0.2, 0.25) is 0 Å². The standard InChI is InChI=1S/C20H17ClN2OS/c21-15-9-7-13(8-10-15)18-22-19(24)20(25-18)12-14-4-1-2-5-16(14)23-11-3-6-17(20)23/h1-2,4-5,7-10,17H,3,6,11-12H2. The van der Waals surface area contributed by atoms with Crippen molar-refractivity contribution >= 4 is 40.0 Å². The average molecular weight is 369 g/mol. The molecule has 126 valence electrons. The van der Waals surface area contributed by atoms with Gasteiger partial charge in [-0.1, -0.05) is 53.7 Å². The van der Waals surface area contributed by atoms with Gasteiger partial charge in [0, 0.05) is 29.2 Å². The van der Waals surface area contributed by atoms with Crippen LogP contribution in [-0.4, -0.2) is 28.3 Å². The summed E-state index contributed by atoms with van der Waals surface area (Å²) in [5, 5.41) is 1.52. The summed E-state index contributed by atoms with van der Waals surface area (Å²) in [6, 6.07) is 16.3. The smallest absolute Gasteiger partial charge is 0.265 e. The molecule has 3 aliphatic heterocycles. The molecule has 2 aromatic rings. The van der Waals surface area contributed by atoms with Gasteiger partial charge < -0.3 is 4.90 Å². The van der Waals surface area contributed by atoms with Crippen LogP contribution in [0.4, 0.5) is 5.69 Å². The second-order valence-corrected chi connectivity index (χ2v) is 8.63. The van der Waals surface area contributed by atoms with Gasteiger partial charge in [0.05, 0.1) is 6.04 Å². The number of hydrogen-bond acceptors (Lipinski definition) is 3. The molecule has 0 radical (unpaired) electrons. The van der Waals surface area contributed by atoms with Crippen LogP contribution in [0.15, 0.2) is 53.5 Å². The van der Waals surface area contributed by atoms with Crippen molar-refractivity contribution in [1.29, 1.82) is 0 Å². The molecule has 3 heterocycles. The molecule has 0 aliphatic carbocycles. The lowest BCUT2D eigenvalue weighted by atomic mass is 9.84. The minimum Gasteiger partial charge on any atom is -0.366 e. The highest BCUT2D eigenvalue weighted by Gasteiger charge is 2.57. The van der Waals surface area contributed by atoms with E-state index in [0.717, 1.165) is 36.4 Å². The molecule has 3 aliphatic rings. The highest BCUT2D eigenvalue weighted by molar-refractivity contribution is 8.16. The molecule has 0 bridgehead atoms. The summed E-state index contributed by atoms with van der Waals surface area (Å²) in [5.41, 5.74) is 3.53. The van der Waals surface area contributed by atoms with Crippen molar-refractivity contribution in [2.75, 3.05) is 11.4 Å². The van der Waals surface area contributed by atoms with Gasteiger partial charge in [-0.15, -0.1) is 0 Å². The van der Waals surface area contributed by atoms with E-state index in [4.69, 9.17) is 11.6 Å². The summed E-state index contributed by atoms with van der Waals surface area (Å²) >= 11 is 7.65. The second-order valence-electron chi connectivity index (χ2n) is 6.88. The van der Waals surface area contributed by atoms with E-state index < -0.39 is 4.75 Å². The van der Waals surface area contributed by atoms with Gasteiger partial charge in [-0.3, -0.25) is 4.79 Å². The fourth-order valence-corrected chi connectivity index (χ4v) is 5.94. The van der Waals surface area contributed by atoms with Crippen LogP contribution < -0.4 is 4.90 Å². The molecular weight excluding hydrogens is 352 g/mol. The van der Waals surface area contributed by atoms with E-state index in [1.165, 1.54) is 11.3 Å². The summed E-state index contributed by atoms with van der Waals surface area (Å²) in [5.74, 6) is 0.0221. The van der Waals surface area contributed by atoms with Crippen molar-refractivity contribution in [3.05, 3.63) is 64.7 Å². The first-order chi connectivity index (χ1) is 12.2. The summed E-state index contributed by atoms with van der Waals surface area (Å²) in [7, 11) is 0. The number of para-hydroxylation sites is 1. The van der Waals surface area contributed by atoms with Gasteiger partial charge in [0.25, 0.3) is 5.91 Å². The lowest BCUT2D eigenvalue weighted by Gasteiger charge is -2.44. The fraction of sp³-hybridized carbons (Fsp3) is 0.300. The Balaban J connectivity index is 1.56. The van der Waals surface area contributed by atoms with E-state index in [1.807, 2.05) is 24.3 Å². The zero-order valence-electron chi connectivity index (χ0n) is 13.6. The first-order valence-electron chi connectivity index (χ1n) is 8.60. The maximum absolute atomic E-state index is 13.1. The van der Waals surface area contributed by atoms with Gasteiger partial charge in [-0.2, -0.15) is 0 Å². The molecule has 0 N–H and O–H groups in total. The minimum atomic E-state index is -0.486. The average Bonchev–Trinajstić information content (AvgIpc) is 3.23. The van der Waals surface area contributed by atoms with Gasteiger partial charge in [0.1, 0.15) is 9.79 Å². The largest absolute Gasteiger partial charge is 0.366 e. The normalized spacial score (nSPS) is 27.4. The Morgan fingerprint density at radius 1 is 1.16 bits per heavy atom. The van der Waals surface area contributed by atoms with Crippen molar-refractivity contribution in [2.45, 2.75) is 30.1 Å². The first-order valence-corrected chi connectivity index (χ1v) is 9.79. The number of aliphatic imine (C=N–C) groups is 1. The molecular formula is C20H17ClN2OS. The van der Waals surface area contributed by atoms with E-state index in [-0.39, 0.29) is 11.9 Å². The number of amides is 1. The van der Waals surface area contributed by atoms with Crippen LogP contribution >= 0.6 is 23.4 Å². The zero-order chi connectivity index (χ0) is 17.0. The number of carbonyl (C=O) groups excluding carboxylic acids is 1. The van der Waals surface area contributed by atoms with Gasteiger partial charge >= 0.3 is 0 Å². The second kappa shape index (κ2) is 5.61. The van der Waals surface area contributed by atoms with Gasteiger partial charge in [-0.05, 0) is 36.6 Å². The van der Waals surface area contributed by atoms with Gasteiger partial charge in [-0.25, -0.2) is 4.99 Å². The summed E-state index contributed by atoms with van der Waals surface area (Å²) in [6.45, 7) is 1.02. The lowest BCUT2D eigenvalue weighted by Crippen LogP contribution is -2.55. The number of benzene rings is 2. The predicted octanol–water partition coefficient (Wildman–Crippen LogP) is 4.32. The molecule has 2 atom stereocenters.